The second kappa shape index (κ2) is 7.92. The molecule has 0 unspecified atom stereocenters. The standard InChI is InChI=1S/C18H17N5O2S/c1-11(24)13-3-5-15(6-4-13)20-17(25)12(2)26-18-21-16(22-23-18)14-7-9-19-10-8-14/h3-10,12H,1-2H3,(H,20,25)(H,21,22,23)/t12-/m0/s1. The minimum Gasteiger partial charge on any atom is -0.325 e. The van der Waals surface area contributed by atoms with Crippen LogP contribution in [0, 0.1) is 0 Å². The first-order chi connectivity index (χ1) is 12.5. The number of amides is 1. The molecule has 3 aromatic rings. The zero-order valence-corrected chi connectivity index (χ0v) is 15.1. The maximum atomic E-state index is 12.3. The third-order valence-electron chi connectivity index (χ3n) is 3.63. The Bertz CT molecular complexity index is 909. The van der Waals surface area contributed by atoms with E-state index in [-0.39, 0.29) is 16.9 Å². The van der Waals surface area contributed by atoms with Gasteiger partial charge in [-0.2, -0.15) is 0 Å². The number of H-pyrrole nitrogens is 1. The van der Waals surface area contributed by atoms with Crippen LogP contribution in [0.25, 0.3) is 11.4 Å². The van der Waals surface area contributed by atoms with Gasteiger partial charge in [0.25, 0.3) is 0 Å². The molecular weight excluding hydrogens is 350 g/mol. The number of carbonyl (C=O) groups is 2. The average Bonchev–Trinajstić information content (AvgIpc) is 3.11. The smallest absolute Gasteiger partial charge is 0.237 e. The summed E-state index contributed by atoms with van der Waals surface area (Å²) in [5.41, 5.74) is 2.12. The van der Waals surface area contributed by atoms with Crippen molar-refractivity contribution in [3.05, 3.63) is 54.4 Å². The molecule has 1 amide bonds. The number of pyridine rings is 1. The average molecular weight is 367 g/mol. The van der Waals surface area contributed by atoms with E-state index < -0.39 is 0 Å². The van der Waals surface area contributed by atoms with E-state index in [1.807, 2.05) is 12.1 Å². The highest BCUT2D eigenvalue weighted by Gasteiger charge is 2.17. The Morgan fingerprint density at radius 2 is 1.81 bits per heavy atom. The number of ketones is 1. The SMILES string of the molecule is CC(=O)c1ccc(NC(=O)[C@H](C)Sc2n[nH]c(-c3ccncc3)n2)cc1. The molecule has 0 saturated carbocycles. The molecule has 0 saturated heterocycles. The summed E-state index contributed by atoms with van der Waals surface area (Å²) in [7, 11) is 0. The van der Waals surface area contributed by atoms with Crippen molar-refractivity contribution >= 4 is 29.1 Å². The molecule has 0 fully saturated rings. The Hall–Kier alpha value is -3.00. The Morgan fingerprint density at radius 3 is 2.46 bits per heavy atom. The number of rotatable bonds is 6. The number of aromatic nitrogens is 4. The van der Waals surface area contributed by atoms with Crippen LogP contribution in [-0.4, -0.2) is 37.1 Å². The molecular formula is C18H17N5O2S. The van der Waals surface area contributed by atoms with Crippen LogP contribution < -0.4 is 5.32 Å². The monoisotopic (exact) mass is 367 g/mol. The molecule has 132 valence electrons. The molecule has 0 aliphatic carbocycles. The molecule has 26 heavy (non-hydrogen) atoms. The van der Waals surface area contributed by atoms with Crippen molar-refractivity contribution in [2.24, 2.45) is 0 Å². The van der Waals surface area contributed by atoms with E-state index in [0.29, 0.717) is 22.2 Å². The first-order valence-corrected chi connectivity index (χ1v) is 8.82. The van der Waals surface area contributed by atoms with Crippen LogP contribution in [-0.2, 0) is 4.79 Å². The van der Waals surface area contributed by atoms with Gasteiger partial charge < -0.3 is 5.32 Å². The number of aromatic amines is 1. The zero-order chi connectivity index (χ0) is 18.5. The molecule has 0 aliphatic heterocycles. The lowest BCUT2D eigenvalue weighted by molar-refractivity contribution is -0.115. The van der Waals surface area contributed by atoms with Gasteiger partial charge in [-0.25, -0.2) is 4.98 Å². The van der Waals surface area contributed by atoms with E-state index in [4.69, 9.17) is 0 Å². The van der Waals surface area contributed by atoms with E-state index in [1.54, 1.807) is 43.6 Å². The molecule has 0 bridgehead atoms. The second-order valence-corrected chi connectivity index (χ2v) is 6.89. The van der Waals surface area contributed by atoms with E-state index in [1.165, 1.54) is 18.7 Å². The molecule has 0 aliphatic rings. The summed E-state index contributed by atoms with van der Waals surface area (Å²) in [6.45, 7) is 3.29. The van der Waals surface area contributed by atoms with Gasteiger partial charge in [0, 0.05) is 29.2 Å². The fraction of sp³-hybridized carbons (Fsp3) is 0.167. The highest BCUT2D eigenvalue weighted by Crippen LogP contribution is 2.23. The summed E-state index contributed by atoms with van der Waals surface area (Å²) in [4.78, 5) is 32.0. The minimum absolute atomic E-state index is 0.0126. The van der Waals surface area contributed by atoms with Gasteiger partial charge in [0.05, 0.1) is 5.25 Å². The quantitative estimate of drug-likeness (QED) is 0.513. The largest absolute Gasteiger partial charge is 0.325 e. The lowest BCUT2D eigenvalue weighted by Crippen LogP contribution is -2.22. The fourth-order valence-corrected chi connectivity index (χ4v) is 2.91. The van der Waals surface area contributed by atoms with Gasteiger partial charge in [-0.05, 0) is 50.2 Å². The highest BCUT2D eigenvalue weighted by molar-refractivity contribution is 8.00. The predicted molar refractivity (Wildman–Crippen MR) is 100 cm³/mol. The third kappa shape index (κ3) is 4.34. The molecule has 1 aromatic carbocycles. The van der Waals surface area contributed by atoms with Crippen molar-refractivity contribution in [1.29, 1.82) is 0 Å². The first-order valence-electron chi connectivity index (χ1n) is 7.94. The van der Waals surface area contributed by atoms with Gasteiger partial charge in [-0.1, -0.05) is 11.8 Å². The molecule has 2 N–H and O–H groups in total. The third-order valence-corrected chi connectivity index (χ3v) is 4.59. The normalized spacial score (nSPS) is 11.8. The van der Waals surface area contributed by atoms with E-state index >= 15 is 0 Å². The molecule has 1 atom stereocenters. The maximum absolute atomic E-state index is 12.3. The van der Waals surface area contributed by atoms with Crippen molar-refractivity contribution < 1.29 is 9.59 Å². The van der Waals surface area contributed by atoms with E-state index in [0.717, 1.165) is 5.56 Å². The Kier molecular flexibility index (Phi) is 5.43. The van der Waals surface area contributed by atoms with Crippen molar-refractivity contribution in [2.75, 3.05) is 5.32 Å². The molecule has 2 heterocycles. The van der Waals surface area contributed by atoms with Crippen LogP contribution in [0.1, 0.15) is 24.2 Å². The number of Topliss-reactive ketones (excluding diaryl/α,β-unsaturated/α-hetero) is 1. The van der Waals surface area contributed by atoms with Crippen molar-refractivity contribution in [3.63, 3.8) is 0 Å². The van der Waals surface area contributed by atoms with Gasteiger partial charge >= 0.3 is 0 Å². The van der Waals surface area contributed by atoms with Gasteiger partial charge in [0.1, 0.15) is 0 Å². The van der Waals surface area contributed by atoms with Crippen LogP contribution >= 0.6 is 11.8 Å². The van der Waals surface area contributed by atoms with Gasteiger partial charge in [-0.15, -0.1) is 5.10 Å². The lowest BCUT2D eigenvalue weighted by atomic mass is 10.1. The number of carbonyl (C=O) groups excluding carboxylic acids is 2. The molecule has 2 aromatic heterocycles. The fourth-order valence-electron chi connectivity index (χ4n) is 2.18. The topological polar surface area (TPSA) is 101 Å². The number of hydrogen-bond donors (Lipinski definition) is 2. The summed E-state index contributed by atoms with van der Waals surface area (Å²) < 4.78 is 0. The Balaban J connectivity index is 1.61. The van der Waals surface area contributed by atoms with Crippen LogP contribution in [0.15, 0.2) is 53.9 Å². The summed E-state index contributed by atoms with van der Waals surface area (Å²) in [6.07, 6.45) is 3.36. The number of nitrogens with zero attached hydrogens (tertiary/aromatic N) is 3. The molecule has 7 nitrogen and oxygen atoms in total. The summed E-state index contributed by atoms with van der Waals surface area (Å²) >= 11 is 1.26. The highest BCUT2D eigenvalue weighted by atomic mass is 32.2. The van der Waals surface area contributed by atoms with Gasteiger partial charge in [0.2, 0.25) is 11.1 Å². The van der Waals surface area contributed by atoms with Crippen LogP contribution in [0.3, 0.4) is 0 Å². The molecule has 0 radical (unpaired) electrons. The molecule has 0 spiro atoms. The number of hydrogen-bond acceptors (Lipinski definition) is 6. The minimum atomic E-state index is -0.386. The summed E-state index contributed by atoms with van der Waals surface area (Å²) in [6, 6.07) is 10.4. The maximum Gasteiger partial charge on any atom is 0.237 e. The Labute approximate surface area is 154 Å². The Morgan fingerprint density at radius 1 is 1.12 bits per heavy atom. The summed E-state index contributed by atoms with van der Waals surface area (Å²) in [5, 5.41) is 9.93. The predicted octanol–water partition coefficient (Wildman–Crippen LogP) is 3.19. The van der Waals surface area contributed by atoms with E-state index in [2.05, 4.69) is 25.5 Å². The van der Waals surface area contributed by atoms with Gasteiger partial charge in [-0.3, -0.25) is 19.7 Å². The van der Waals surface area contributed by atoms with E-state index in [9.17, 15) is 9.59 Å². The number of thioether (sulfide) groups is 1. The van der Waals surface area contributed by atoms with Crippen molar-refractivity contribution in [3.8, 4) is 11.4 Å². The summed E-state index contributed by atoms with van der Waals surface area (Å²) in [5.74, 6) is 0.449. The van der Waals surface area contributed by atoms with Crippen LogP contribution in [0.2, 0.25) is 0 Å². The first kappa shape index (κ1) is 17.8. The zero-order valence-electron chi connectivity index (χ0n) is 14.3. The molecule has 8 heteroatoms. The number of nitrogens with one attached hydrogen (secondary N) is 2. The van der Waals surface area contributed by atoms with Crippen LogP contribution in [0.4, 0.5) is 5.69 Å². The lowest BCUT2D eigenvalue weighted by Gasteiger charge is -2.10. The second-order valence-electron chi connectivity index (χ2n) is 5.59. The van der Waals surface area contributed by atoms with Crippen molar-refractivity contribution in [1.82, 2.24) is 20.2 Å². The van der Waals surface area contributed by atoms with Crippen molar-refractivity contribution in [2.45, 2.75) is 24.3 Å². The number of benzene rings is 1. The van der Waals surface area contributed by atoms with Crippen LogP contribution in [0.5, 0.6) is 0 Å². The molecule has 3 rings (SSSR count). The number of anilines is 1. The van der Waals surface area contributed by atoms with Gasteiger partial charge in [0.15, 0.2) is 11.6 Å².